The van der Waals surface area contributed by atoms with Crippen molar-refractivity contribution in [1.82, 2.24) is 0 Å². The van der Waals surface area contributed by atoms with Crippen LogP contribution in [0, 0.1) is 41.4 Å². The molecule has 13 unspecified atom stereocenters. The second-order valence-electron chi connectivity index (χ2n) is 10.5. The Balaban J connectivity index is 1.40. The monoisotopic (exact) mass is 544 g/mol. The Morgan fingerprint density at radius 3 is 1.91 bits per heavy atom. The summed E-state index contributed by atoms with van der Waals surface area (Å²) in [7, 11) is 0. The lowest BCUT2D eigenvalue weighted by molar-refractivity contribution is -0.280. The zero-order valence-corrected chi connectivity index (χ0v) is 21.1. The minimum atomic E-state index is -1.66. The number of rotatable bonds is 2. The van der Waals surface area contributed by atoms with E-state index in [1.54, 1.807) is 0 Å². The van der Waals surface area contributed by atoms with Crippen LogP contribution in [-0.2, 0) is 28.6 Å². The molecule has 3 saturated carbocycles. The molecule has 0 aromatic heterocycles. The molecule has 180 valence electrons. The number of Topliss-reactive ketones (excluding diaryl/α,β-unsaturated/α-hetero) is 1. The standard InChI is InChI=1S/C24H20Cl4O6/c1-7(29)32-16-9-3-4-10(16)14-13(9)22(27)19(25)20(26)23(14,28)24(21(22)31)15-11-5-6-12(18(15)34-24)17(11)33-8(2)30/h3-6,9-18H,1-2H3. The first kappa shape index (κ1) is 22.2. The van der Waals surface area contributed by atoms with Crippen molar-refractivity contribution in [3.05, 3.63) is 34.4 Å². The van der Waals surface area contributed by atoms with E-state index in [1.807, 2.05) is 24.3 Å². The molecule has 6 nitrogen and oxygen atoms in total. The fourth-order valence-electron chi connectivity index (χ4n) is 8.51. The van der Waals surface area contributed by atoms with Gasteiger partial charge in [0.05, 0.1) is 16.2 Å². The van der Waals surface area contributed by atoms with Crippen molar-refractivity contribution in [3.8, 4) is 0 Å². The largest absolute Gasteiger partial charge is 0.461 e. The van der Waals surface area contributed by atoms with Crippen molar-refractivity contribution >= 4 is 64.1 Å². The van der Waals surface area contributed by atoms with Crippen LogP contribution in [0.4, 0.5) is 0 Å². The Hall–Kier alpha value is -1.05. The molecule has 8 aliphatic rings. The maximum atomic E-state index is 14.4. The maximum Gasteiger partial charge on any atom is 0.302 e. The van der Waals surface area contributed by atoms with Gasteiger partial charge < -0.3 is 14.2 Å². The van der Waals surface area contributed by atoms with Crippen LogP contribution in [0.25, 0.3) is 0 Å². The van der Waals surface area contributed by atoms with Gasteiger partial charge in [0.2, 0.25) is 0 Å². The second-order valence-corrected chi connectivity index (χ2v) is 12.5. The Labute approximate surface area is 215 Å². The average molecular weight is 546 g/mol. The van der Waals surface area contributed by atoms with Gasteiger partial charge in [-0.1, -0.05) is 47.5 Å². The molecule has 6 bridgehead atoms. The summed E-state index contributed by atoms with van der Waals surface area (Å²) in [5, 5.41) is 0.135. The number of ketones is 1. The van der Waals surface area contributed by atoms with E-state index in [4.69, 9.17) is 60.6 Å². The molecule has 8 rings (SSSR count). The van der Waals surface area contributed by atoms with Crippen molar-refractivity contribution < 1.29 is 28.6 Å². The average Bonchev–Trinajstić information content (AvgIpc) is 3.46. The van der Waals surface area contributed by atoms with Crippen LogP contribution in [0.5, 0.6) is 0 Å². The van der Waals surface area contributed by atoms with Gasteiger partial charge in [-0.15, -0.1) is 23.2 Å². The molecule has 7 aliphatic carbocycles. The van der Waals surface area contributed by atoms with E-state index in [9.17, 15) is 14.4 Å². The van der Waals surface area contributed by atoms with Crippen LogP contribution in [0.3, 0.4) is 0 Å². The molecule has 0 radical (unpaired) electrons. The third-order valence-electron chi connectivity index (χ3n) is 9.35. The van der Waals surface area contributed by atoms with E-state index in [0.717, 1.165) is 0 Å². The predicted molar refractivity (Wildman–Crippen MR) is 122 cm³/mol. The Bertz CT molecular complexity index is 1180. The first-order valence-corrected chi connectivity index (χ1v) is 12.9. The minimum absolute atomic E-state index is 0.0208. The van der Waals surface area contributed by atoms with Crippen LogP contribution < -0.4 is 0 Å². The lowest BCUT2D eigenvalue weighted by atomic mass is 9.46. The zero-order chi connectivity index (χ0) is 24.1. The van der Waals surface area contributed by atoms with Crippen LogP contribution in [-0.4, -0.2) is 51.4 Å². The van der Waals surface area contributed by atoms with Crippen molar-refractivity contribution in [2.75, 3.05) is 0 Å². The summed E-state index contributed by atoms with van der Waals surface area (Å²) in [5.74, 6) is -3.57. The van der Waals surface area contributed by atoms with Crippen molar-refractivity contribution in [3.63, 3.8) is 0 Å². The van der Waals surface area contributed by atoms with Crippen molar-refractivity contribution in [1.29, 1.82) is 0 Å². The van der Waals surface area contributed by atoms with Gasteiger partial charge in [-0.05, 0) is 0 Å². The number of carbonyl (C=O) groups is 3. The van der Waals surface area contributed by atoms with Gasteiger partial charge in [-0.25, -0.2) is 0 Å². The highest BCUT2D eigenvalue weighted by molar-refractivity contribution is 6.56. The summed E-state index contributed by atoms with van der Waals surface area (Å²) >= 11 is 28.4. The van der Waals surface area contributed by atoms with Gasteiger partial charge in [-0.2, -0.15) is 0 Å². The first-order valence-electron chi connectivity index (χ1n) is 11.4. The smallest absolute Gasteiger partial charge is 0.302 e. The van der Waals surface area contributed by atoms with E-state index in [1.165, 1.54) is 13.8 Å². The number of fused-ring (bicyclic) bond motifs is 7. The first-order chi connectivity index (χ1) is 16.0. The minimum Gasteiger partial charge on any atom is -0.461 e. The van der Waals surface area contributed by atoms with E-state index < -0.39 is 57.1 Å². The van der Waals surface area contributed by atoms with Gasteiger partial charge in [0.15, 0.2) is 11.4 Å². The molecule has 1 aliphatic heterocycles. The van der Waals surface area contributed by atoms with Gasteiger partial charge in [0.25, 0.3) is 0 Å². The summed E-state index contributed by atoms with van der Waals surface area (Å²) in [6.45, 7) is 2.71. The number of alkyl halides is 2. The summed E-state index contributed by atoms with van der Waals surface area (Å²) in [5.41, 5.74) is -1.53. The molecular formula is C24H20Cl4O6. The highest BCUT2D eigenvalue weighted by Gasteiger charge is 2.90. The molecule has 34 heavy (non-hydrogen) atoms. The van der Waals surface area contributed by atoms with Crippen LogP contribution in [0.1, 0.15) is 13.8 Å². The van der Waals surface area contributed by atoms with Crippen molar-refractivity contribution in [2.45, 2.75) is 47.5 Å². The molecule has 0 N–H and O–H groups in total. The number of hydrogen-bond donors (Lipinski definition) is 0. The Morgan fingerprint density at radius 1 is 0.824 bits per heavy atom. The number of carbonyl (C=O) groups excluding carboxylic acids is 3. The second kappa shape index (κ2) is 6.44. The van der Waals surface area contributed by atoms with E-state index >= 15 is 0 Å². The van der Waals surface area contributed by atoms with Gasteiger partial charge in [0.1, 0.15) is 22.0 Å². The Morgan fingerprint density at radius 2 is 1.32 bits per heavy atom. The molecule has 1 spiro atoms. The molecule has 0 aromatic rings. The number of esters is 2. The van der Waals surface area contributed by atoms with Crippen molar-refractivity contribution in [2.24, 2.45) is 41.4 Å². The summed E-state index contributed by atoms with van der Waals surface area (Å²) < 4.78 is 17.8. The predicted octanol–water partition coefficient (Wildman–Crippen LogP) is 3.71. The Kier molecular flexibility index (Phi) is 4.20. The highest BCUT2D eigenvalue weighted by Crippen LogP contribution is 2.79. The van der Waals surface area contributed by atoms with E-state index in [-0.39, 0.29) is 45.8 Å². The topological polar surface area (TPSA) is 78.9 Å². The van der Waals surface area contributed by atoms with Gasteiger partial charge in [-0.3, -0.25) is 14.4 Å². The lowest BCUT2D eigenvalue weighted by Crippen LogP contribution is -2.85. The third-order valence-corrected chi connectivity index (χ3v) is 11.9. The fraction of sp³-hybridized carbons (Fsp3) is 0.625. The number of ether oxygens (including phenoxy) is 3. The molecule has 0 amide bonds. The number of halogens is 4. The molecule has 10 heteroatoms. The molecule has 1 heterocycles. The molecular weight excluding hydrogens is 526 g/mol. The van der Waals surface area contributed by atoms with Gasteiger partial charge >= 0.3 is 11.9 Å². The van der Waals surface area contributed by atoms with Crippen LogP contribution in [0.15, 0.2) is 34.4 Å². The highest BCUT2D eigenvalue weighted by atomic mass is 35.5. The fourth-order valence-corrected chi connectivity index (χ4v) is 10.5. The summed E-state index contributed by atoms with van der Waals surface area (Å²) in [4.78, 5) is 34.9. The zero-order valence-electron chi connectivity index (χ0n) is 18.0. The number of allylic oxidation sites excluding steroid dienone is 1. The molecule has 0 aromatic carbocycles. The SMILES string of the molecule is CC(=O)OC1C2C=CC1C1C2C2(Cl)C(=O)C3(OC4C5C=CC(C5OC(C)=O)C43)C1(Cl)C(Cl)=C2Cl. The molecule has 4 fully saturated rings. The van der Waals surface area contributed by atoms with Crippen LogP contribution in [0.2, 0.25) is 0 Å². The summed E-state index contributed by atoms with van der Waals surface area (Å²) in [6.07, 6.45) is 6.55. The molecule has 13 atom stereocenters. The quantitative estimate of drug-likeness (QED) is 0.299. The van der Waals surface area contributed by atoms with Crippen LogP contribution >= 0.6 is 46.4 Å². The van der Waals surface area contributed by atoms with E-state index in [2.05, 4.69) is 0 Å². The molecule has 1 saturated heterocycles. The lowest BCUT2D eigenvalue weighted by Gasteiger charge is -2.70. The van der Waals surface area contributed by atoms with Gasteiger partial charge in [0, 0.05) is 55.3 Å². The van der Waals surface area contributed by atoms with E-state index in [0.29, 0.717) is 0 Å². The normalized spacial score (nSPS) is 56.7. The maximum absolute atomic E-state index is 14.4. The summed E-state index contributed by atoms with van der Waals surface area (Å²) in [6, 6.07) is 0. The third kappa shape index (κ3) is 2.03. The number of hydrogen-bond acceptors (Lipinski definition) is 6.